The number of hydrogen-bond donors (Lipinski definition) is 1. The summed E-state index contributed by atoms with van der Waals surface area (Å²) in [5, 5.41) is 8.71. The monoisotopic (exact) mass is 178 g/mol. The highest BCUT2D eigenvalue weighted by molar-refractivity contribution is 6.01. The minimum absolute atomic E-state index is 0.149. The van der Waals surface area contributed by atoms with Gasteiger partial charge in [-0.25, -0.2) is 4.79 Å². The topological polar surface area (TPSA) is 55.8 Å². The summed E-state index contributed by atoms with van der Waals surface area (Å²) in [6.45, 7) is 0. The van der Waals surface area contributed by atoms with Gasteiger partial charge in [-0.15, -0.1) is 0 Å². The van der Waals surface area contributed by atoms with Gasteiger partial charge in [0.2, 0.25) is 0 Å². The molecule has 0 spiro atoms. The van der Waals surface area contributed by atoms with Crippen molar-refractivity contribution in [1.29, 1.82) is 0 Å². The molecule has 4 nitrogen and oxygen atoms in total. The molecule has 0 aliphatic heterocycles. The summed E-state index contributed by atoms with van der Waals surface area (Å²) >= 11 is 0. The van der Waals surface area contributed by atoms with Gasteiger partial charge in [0, 0.05) is 6.07 Å². The van der Waals surface area contributed by atoms with Crippen molar-refractivity contribution in [2.45, 2.75) is 0 Å². The van der Waals surface area contributed by atoms with Crippen molar-refractivity contribution in [2.24, 2.45) is 0 Å². The fraction of sp³-hybridized carbons (Fsp3) is 0. The van der Waals surface area contributed by atoms with Gasteiger partial charge in [0.1, 0.15) is 11.5 Å². The smallest absolute Gasteiger partial charge is 0.335 e. The van der Waals surface area contributed by atoms with Gasteiger partial charge in [0.25, 0.3) is 0 Å². The molecule has 13 heavy (non-hydrogen) atoms. The number of hydrogen-bond acceptors (Lipinski definition) is 3. The average Bonchev–Trinajstić information content (AvgIpc) is 2.16. The summed E-state index contributed by atoms with van der Waals surface area (Å²) in [6.07, 6.45) is 0. The fourth-order valence-corrected chi connectivity index (χ4v) is 0.931. The number of aromatic carboxylic acids is 1. The largest absolute Gasteiger partial charge is 0.568 e. The van der Waals surface area contributed by atoms with Crippen molar-refractivity contribution in [3.8, 4) is 11.5 Å². The third-order valence-electron chi connectivity index (χ3n) is 1.60. The lowest BCUT2D eigenvalue weighted by Gasteiger charge is -2.06. The molecule has 0 atom stereocenters. The third kappa shape index (κ3) is 2.18. The maximum absolute atomic E-state index is 10.6. The molecule has 0 fully saturated rings. The molecule has 0 bridgehead atoms. The first kappa shape index (κ1) is 9.51. The predicted octanol–water partition coefficient (Wildman–Crippen LogP) is -0.761. The molecule has 1 N–H and O–H groups in total. The van der Waals surface area contributed by atoms with Crippen molar-refractivity contribution < 1.29 is 19.2 Å². The second-order valence-electron chi connectivity index (χ2n) is 2.41. The molecule has 0 unspecified atom stereocenters. The van der Waals surface area contributed by atoms with Crippen LogP contribution in [0.5, 0.6) is 11.5 Å². The lowest BCUT2D eigenvalue weighted by atomic mass is 10.2. The molecule has 0 saturated carbocycles. The number of carboxylic acid groups (broad SMARTS) is 1. The Morgan fingerprint density at radius 3 is 1.92 bits per heavy atom. The van der Waals surface area contributed by atoms with E-state index in [1.54, 1.807) is 6.07 Å². The Bertz CT molecular complexity index is 304. The van der Waals surface area contributed by atoms with Gasteiger partial charge in [0.15, 0.2) is 0 Å². The van der Waals surface area contributed by atoms with Crippen molar-refractivity contribution in [3.05, 3.63) is 23.8 Å². The van der Waals surface area contributed by atoms with Crippen LogP contribution in [0.2, 0.25) is 0 Å². The second kappa shape index (κ2) is 3.89. The number of carboxylic acids is 1. The van der Waals surface area contributed by atoms with E-state index >= 15 is 0 Å². The molecule has 0 aliphatic rings. The molecule has 0 amide bonds. The van der Waals surface area contributed by atoms with E-state index in [2.05, 4.69) is 0 Å². The fourth-order valence-electron chi connectivity index (χ4n) is 0.931. The quantitative estimate of drug-likeness (QED) is 0.617. The highest BCUT2D eigenvalue weighted by Gasteiger charge is 2.06. The lowest BCUT2D eigenvalue weighted by molar-refractivity contribution is 0.0696. The molecule has 0 aromatic heterocycles. The van der Waals surface area contributed by atoms with Crippen molar-refractivity contribution in [2.75, 3.05) is 0 Å². The first-order valence-corrected chi connectivity index (χ1v) is 3.63. The zero-order valence-corrected chi connectivity index (χ0v) is 7.40. The van der Waals surface area contributed by atoms with Crippen LogP contribution in [-0.2, 0) is 0 Å². The first-order valence-electron chi connectivity index (χ1n) is 3.63. The van der Waals surface area contributed by atoms with Crippen LogP contribution >= 0.6 is 0 Å². The lowest BCUT2D eigenvalue weighted by Crippen LogP contribution is -1.98. The SMILES string of the molecule is BOc1cc(OB)cc(C(=O)O)c1. The Morgan fingerprint density at radius 2 is 1.62 bits per heavy atom. The Hall–Kier alpha value is -1.58. The first-order chi connectivity index (χ1) is 6.17. The number of benzene rings is 1. The Morgan fingerprint density at radius 1 is 1.15 bits per heavy atom. The second-order valence-corrected chi connectivity index (χ2v) is 2.41. The van der Waals surface area contributed by atoms with Gasteiger partial charge >= 0.3 is 22.1 Å². The van der Waals surface area contributed by atoms with E-state index in [0.29, 0.717) is 11.5 Å². The highest BCUT2D eigenvalue weighted by Crippen LogP contribution is 2.21. The van der Waals surface area contributed by atoms with Crippen LogP contribution in [0.3, 0.4) is 0 Å². The molecule has 0 radical (unpaired) electrons. The summed E-state index contributed by atoms with van der Waals surface area (Å²) in [5.41, 5.74) is 0.149. The average molecular weight is 178 g/mol. The Balaban J connectivity index is 3.14. The van der Waals surface area contributed by atoms with Gasteiger partial charge in [-0.1, -0.05) is 0 Å². The van der Waals surface area contributed by atoms with E-state index in [1.165, 1.54) is 28.2 Å². The third-order valence-corrected chi connectivity index (χ3v) is 1.60. The van der Waals surface area contributed by atoms with Gasteiger partial charge in [-0.05, 0) is 12.1 Å². The van der Waals surface area contributed by atoms with Gasteiger partial charge < -0.3 is 14.4 Å². The molecule has 0 aliphatic carbocycles. The van der Waals surface area contributed by atoms with Crippen LogP contribution in [0, 0.1) is 0 Å². The Labute approximate surface area is 77.4 Å². The minimum Gasteiger partial charge on any atom is -0.568 e. The van der Waals surface area contributed by atoms with Crippen molar-refractivity contribution in [1.82, 2.24) is 0 Å². The van der Waals surface area contributed by atoms with Crippen LogP contribution in [0.4, 0.5) is 0 Å². The van der Waals surface area contributed by atoms with E-state index in [4.69, 9.17) is 14.4 Å². The molecule has 1 aromatic rings. The normalized spacial score (nSPS) is 9.23. The van der Waals surface area contributed by atoms with Crippen LogP contribution in [0.15, 0.2) is 18.2 Å². The highest BCUT2D eigenvalue weighted by atomic mass is 16.4. The van der Waals surface area contributed by atoms with Crippen molar-refractivity contribution >= 4 is 22.1 Å². The van der Waals surface area contributed by atoms with Gasteiger partial charge in [-0.3, -0.25) is 0 Å². The molecule has 0 heterocycles. The molecular formula is C7H8B2O4. The van der Waals surface area contributed by atoms with Gasteiger partial charge in [0.05, 0.1) is 5.56 Å². The van der Waals surface area contributed by atoms with E-state index in [1.807, 2.05) is 0 Å². The molecule has 0 saturated heterocycles. The summed E-state index contributed by atoms with van der Waals surface area (Å²) < 4.78 is 9.81. The summed E-state index contributed by atoms with van der Waals surface area (Å²) in [7, 11) is 2.95. The molecule has 6 heteroatoms. The predicted molar refractivity (Wildman–Crippen MR) is 51.7 cm³/mol. The zero-order valence-electron chi connectivity index (χ0n) is 7.40. The van der Waals surface area contributed by atoms with Crippen LogP contribution in [0.1, 0.15) is 10.4 Å². The van der Waals surface area contributed by atoms with E-state index in [9.17, 15) is 4.79 Å². The molecule has 1 aromatic carbocycles. The van der Waals surface area contributed by atoms with E-state index < -0.39 is 5.97 Å². The Kier molecular flexibility index (Phi) is 2.84. The summed E-state index contributed by atoms with van der Waals surface area (Å²) in [5.74, 6) is -0.0642. The van der Waals surface area contributed by atoms with Crippen LogP contribution in [0.25, 0.3) is 0 Å². The molecule has 66 valence electrons. The summed E-state index contributed by atoms with van der Waals surface area (Å²) in [4.78, 5) is 10.6. The van der Waals surface area contributed by atoms with Crippen LogP contribution < -0.4 is 9.31 Å². The zero-order chi connectivity index (χ0) is 9.84. The standard InChI is InChI=1S/C7H8B2O4/c8-12-5-1-4(7(10)11)2-6(3-5)13-9/h1-3H,8-9H2,(H,10,11). The maximum Gasteiger partial charge on any atom is 0.335 e. The number of carbonyl (C=O) groups is 1. The van der Waals surface area contributed by atoms with Crippen molar-refractivity contribution in [3.63, 3.8) is 0 Å². The maximum atomic E-state index is 10.6. The van der Waals surface area contributed by atoms with Gasteiger partial charge in [-0.2, -0.15) is 0 Å². The summed E-state index contributed by atoms with van der Waals surface area (Å²) in [6, 6.07) is 4.49. The van der Waals surface area contributed by atoms with E-state index in [0.717, 1.165) is 0 Å². The minimum atomic E-state index is -1.00. The van der Waals surface area contributed by atoms with Crippen LogP contribution in [-0.4, -0.2) is 27.2 Å². The number of rotatable bonds is 3. The molecule has 1 rings (SSSR count). The molecular weight excluding hydrogens is 170 g/mol. The van der Waals surface area contributed by atoms with E-state index in [-0.39, 0.29) is 5.56 Å².